The van der Waals surface area contributed by atoms with Gasteiger partial charge >= 0.3 is 0 Å². The van der Waals surface area contributed by atoms with E-state index < -0.39 is 0 Å². The number of aromatic nitrogens is 2. The fourth-order valence-electron chi connectivity index (χ4n) is 2.70. The molecule has 3 aromatic rings. The van der Waals surface area contributed by atoms with Crippen LogP contribution in [0.4, 0.5) is 11.5 Å². The van der Waals surface area contributed by atoms with E-state index in [4.69, 9.17) is 0 Å². The van der Waals surface area contributed by atoms with Gasteiger partial charge in [-0.25, -0.2) is 0 Å². The molecule has 0 N–H and O–H groups in total. The highest BCUT2D eigenvalue weighted by Crippen LogP contribution is 2.20. The summed E-state index contributed by atoms with van der Waals surface area (Å²) in [5.41, 5.74) is 2.46. The average Bonchev–Trinajstić information content (AvgIpc) is 2.72. The van der Waals surface area contributed by atoms with E-state index in [1.807, 2.05) is 85.6 Å². The number of hydrogen-bond acceptors (Lipinski definition) is 4. The standard InChI is InChI=1S/C21H22N4O/c1-3-25(16-17-10-6-4-7-11-17)21(26)19-14-15-20(23-22-19)24(2)18-12-8-5-9-13-18/h4-15H,3,16H2,1-2H3. The average molecular weight is 346 g/mol. The SMILES string of the molecule is CCN(Cc1ccccc1)C(=O)c1ccc(N(C)c2ccccc2)nn1. The number of hydrogen-bond donors (Lipinski definition) is 0. The van der Waals surface area contributed by atoms with Gasteiger partial charge < -0.3 is 9.80 Å². The topological polar surface area (TPSA) is 49.3 Å². The number of rotatable bonds is 6. The first-order valence-corrected chi connectivity index (χ1v) is 8.64. The van der Waals surface area contributed by atoms with Gasteiger partial charge in [0.1, 0.15) is 0 Å². The second-order valence-corrected chi connectivity index (χ2v) is 5.98. The zero-order valence-corrected chi connectivity index (χ0v) is 15.0. The van der Waals surface area contributed by atoms with E-state index in [0.29, 0.717) is 24.6 Å². The largest absolute Gasteiger partial charge is 0.333 e. The Kier molecular flexibility index (Phi) is 5.59. The van der Waals surface area contributed by atoms with Gasteiger partial charge in [-0.05, 0) is 36.8 Å². The minimum Gasteiger partial charge on any atom is -0.333 e. The molecule has 0 radical (unpaired) electrons. The van der Waals surface area contributed by atoms with Crippen LogP contribution in [0.25, 0.3) is 0 Å². The highest BCUT2D eigenvalue weighted by molar-refractivity contribution is 5.92. The van der Waals surface area contributed by atoms with Crippen molar-refractivity contribution in [3.05, 3.63) is 84.1 Å². The molecule has 5 nitrogen and oxygen atoms in total. The maximum absolute atomic E-state index is 12.7. The molecule has 26 heavy (non-hydrogen) atoms. The van der Waals surface area contributed by atoms with Gasteiger partial charge in [-0.15, -0.1) is 10.2 Å². The van der Waals surface area contributed by atoms with E-state index in [1.165, 1.54) is 0 Å². The summed E-state index contributed by atoms with van der Waals surface area (Å²) in [6, 6.07) is 23.4. The molecule has 5 heteroatoms. The lowest BCUT2D eigenvalue weighted by Crippen LogP contribution is -2.31. The van der Waals surface area contributed by atoms with E-state index in [0.717, 1.165) is 11.3 Å². The van der Waals surface area contributed by atoms with Crippen molar-refractivity contribution in [2.75, 3.05) is 18.5 Å². The van der Waals surface area contributed by atoms with Gasteiger partial charge in [-0.3, -0.25) is 4.79 Å². The molecule has 1 heterocycles. The first-order chi connectivity index (χ1) is 12.7. The molecule has 0 unspecified atom stereocenters. The van der Waals surface area contributed by atoms with Crippen LogP contribution in [-0.4, -0.2) is 34.6 Å². The molecule has 0 aliphatic rings. The van der Waals surface area contributed by atoms with Crippen molar-refractivity contribution in [1.29, 1.82) is 0 Å². The third kappa shape index (κ3) is 4.06. The molecule has 0 saturated carbocycles. The Bertz CT molecular complexity index is 835. The number of nitrogens with zero attached hydrogens (tertiary/aromatic N) is 4. The van der Waals surface area contributed by atoms with E-state index in [-0.39, 0.29) is 5.91 Å². The van der Waals surface area contributed by atoms with Crippen LogP contribution in [0.1, 0.15) is 23.0 Å². The Morgan fingerprint density at radius 3 is 2.12 bits per heavy atom. The summed E-state index contributed by atoms with van der Waals surface area (Å²) in [4.78, 5) is 16.4. The summed E-state index contributed by atoms with van der Waals surface area (Å²) in [6.45, 7) is 3.14. The Morgan fingerprint density at radius 2 is 1.54 bits per heavy atom. The predicted molar refractivity (Wildman–Crippen MR) is 103 cm³/mol. The van der Waals surface area contributed by atoms with Crippen molar-refractivity contribution in [1.82, 2.24) is 15.1 Å². The van der Waals surface area contributed by atoms with Gasteiger partial charge in [0.15, 0.2) is 11.5 Å². The lowest BCUT2D eigenvalue weighted by atomic mass is 10.2. The molecule has 0 fully saturated rings. The van der Waals surface area contributed by atoms with Crippen LogP contribution in [0.3, 0.4) is 0 Å². The molecule has 1 amide bonds. The number of amides is 1. The summed E-state index contributed by atoms with van der Waals surface area (Å²) in [5.74, 6) is 0.580. The maximum Gasteiger partial charge on any atom is 0.274 e. The van der Waals surface area contributed by atoms with Crippen LogP contribution in [0, 0.1) is 0 Å². The van der Waals surface area contributed by atoms with Crippen LogP contribution >= 0.6 is 0 Å². The van der Waals surface area contributed by atoms with Crippen LogP contribution < -0.4 is 4.90 Å². The zero-order chi connectivity index (χ0) is 18.4. The highest BCUT2D eigenvalue weighted by atomic mass is 16.2. The van der Waals surface area contributed by atoms with E-state index in [2.05, 4.69) is 10.2 Å². The number of anilines is 2. The molecule has 2 aromatic carbocycles. The molecular formula is C21H22N4O. The fourth-order valence-corrected chi connectivity index (χ4v) is 2.70. The lowest BCUT2D eigenvalue weighted by molar-refractivity contribution is 0.0745. The van der Waals surface area contributed by atoms with Crippen molar-refractivity contribution < 1.29 is 4.79 Å². The van der Waals surface area contributed by atoms with Crippen molar-refractivity contribution in [2.24, 2.45) is 0 Å². The number of benzene rings is 2. The van der Waals surface area contributed by atoms with Crippen LogP contribution in [0.15, 0.2) is 72.8 Å². The Hall–Kier alpha value is -3.21. The van der Waals surface area contributed by atoms with Crippen molar-refractivity contribution in [2.45, 2.75) is 13.5 Å². The van der Waals surface area contributed by atoms with Gasteiger partial charge in [0.25, 0.3) is 5.91 Å². The first-order valence-electron chi connectivity index (χ1n) is 8.64. The molecule has 0 atom stereocenters. The minimum atomic E-state index is -0.113. The van der Waals surface area contributed by atoms with Gasteiger partial charge in [-0.2, -0.15) is 0 Å². The fraction of sp³-hybridized carbons (Fsp3) is 0.190. The summed E-state index contributed by atoms with van der Waals surface area (Å²) < 4.78 is 0. The summed E-state index contributed by atoms with van der Waals surface area (Å²) >= 11 is 0. The van der Waals surface area contributed by atoms with Crippen molar-refractivity contribution in [3.63, 3.8) is 0 Å². The molecule has 0 saturated heterocycles. The minimum absolute atomic E-state index is 0.113. The van der Waals surface area contributed by atoms with Crippen LogP contribution in [0.5, 0.6) is 0 Å². The van der Waals surface area contributed by atoms with Crippen molar-refractivity contribution >= 4 is 17.4 Å². The molecule has 0 bridgehead atoms. The second-order valence-electron chi connectivity index (χ2n) is 5.98. The van der Waals surface area contributed by atoms with Gasteiger partial charge in [-0.1, -0.05) is 48.5 Å². The number of carbonyl (C=O) groups is 1. The molecule has 0 aliphatic heterocycles. The van der Waals surface area contributed by atoms with Gasteiger partial charge in [0.05, 0.1) is 0 Å². The van der Waals surface area contributed by atoms with Gasteiger partial charge in [0, 0.05) is 25.8 Å². The summed E-state index contributed by atoms with van der Waals surface area (Å²) in [5, 5.41) is 8.38. The molecule has 132 valence electrons. The van der Waals surface area contributed by atoms with E-state index >= 15 is 0 Å². The predicted octanol–water partition coefficient (Wildman–Crippen LogP) is 3.91. The zero-order valence-electron chi connectivity index (χ0n) is 15.0. The Balaban J connectivity index is 1.73. The number of carbonyl (C=O) groups excluding carboxylic acids is 1. The van der Waals surface area contributed by atoms with Gasteiger partial charge in [0.2, 0.25) is 0 Å². The highest BCUT2D eigenvalue weighted by Gasteiger charge is 2.17. The second kappa shape index (κ2) is 8.25. The molecule has 0 aliphatic carbocycles. The third-order valence-corrected chi connectivity index (χ3v) is 4.24. The molecular weight excluding hydrogens is 324 g/mol. The molecule has 1 aromatic heterocycles. The molecule has 3 rings (SSSR count). The summed E-state index contributed by atoms with van der Waals surface area (Å²) in [7, 11) is 1.93. The van der Waals surface area contributed by atoms with Crippen LogP contribution in [0.2, 0.25) is 0 Å². The monoisotopic (exact) mass is 346 g/mol. The van der Waals surface area contributed by atoms with E-state index in [1.54, 1.807) is 11.0 Å². The molecule has 0 spiro atoms. The first kappa shape index (κ1) is 17.6. The maximum atomic E-state index is 12.7. The van der Waals surface area contributed by atoms with Crippen molar-refractivity contribution in [3.8, 4) is 0 Å². The lowest BCUT2D eigenvalue weighted by Gasteiger charge is -2.21. The normalized spacial score (nSPS) is 10.4. The quantitative estimate of drug-likeness (QED) is 0.679. The third-order valence-electron chi connectivity index (χ3n) is 4.24. The Morgan fingerprint density at radius 1 is 0.885 bits per heavy atom. The van der Waals surface area contributed by atoms with E-state index in [9.17, 15) is 4.79 Å². The number of para-hydroxylation sites is 1. The summed E-state index contributed by atoms with van der Waals surface area (Å²) in [6.07, 6.45) is 0. The van der Waals surface area contributed by atoms with Crippen LogP contribution in [-0.2, 0) is 6.54 Å². The Labute approximate surface area is 153 Å². The smallest absolute Gasteiger partial charge is 0.274 e.